The van der Waals surface area contributed by atoms with E-state index in [-0.39, 0.29) is 0 Å². The summed E-state index contributed by atoms with van der Waals surface area (Å²) in [4.78, 5) is 0. The first-order valence-corrected chi connectivity index (χ1v) is 6.91. The molecular weight excluding hydrogens is 194 g/mol. The summed E-state index contributed by atoms with van der Waals surface area (Å²) in [6.07, 6.45) is 16.5. The summed E-state index contributed by atoms with van der Waals surface area (Å²) < 4.78 is 0. The van der Waals surface area contributed by atoms with Gasteiger partial charge in [-0.3, -0.25) is 0 Å². The second-order valence-electron chi connectivity index (χ2n) is 5.44. The van der Waals surface area contributed by atoms with Crippen LogP contribution in [0.2, 0.25) is 0 Å². The van der Waals surface area contributed by atoms with Gasteiger partial charge in [0.25, 0.3) is 0 Å². The second kappa shape index (κ2) is 6.24. The van der Waals surface area contributed by atoms with Crippen LogP contribution in [-0.2, 0) is 0 Å². The van der Waals surface area contributed by atoms with Gasteiger partial charge < -0.3 is 5.32 Å². The lowest BCUT2D eigenvalue weighted by Gasteiger charge is -2.19. The molecule has 0 spiro atoms. The molecule has 0 aromatic rings. The minimum atomic E-state index is 0.690. The Labute approximate surface area is 100 Å². The molecule has 1 atom stereocenters. The van der Waals surface area contributed by atoms with Crippen LogP contribution in [0.25, 0.3) is 0 Å². The molecule has 0 aromatic heterocycles. The average molecular weight is 219 g/mol. The summed E-state index contributed by atoms with van der Waals surface area (Å²) in [5, 5.41) is 3.68. The van der Waals surface area contributed by atoms with Gasteiger partial charge in [-0.25, -0.2) is 0 Å². The first-order valence-electron chi connectivity index (χ1n) is 6.91. The fourth-order valence-electron chi connectivity index (χ4n) is 2.93. The summed E-state index contributed by atoms with van der Waals surface area (Å²) >= 11 is 0. The van der Waals surface area contributed by atoms with Gasteiger partial charge in [0.15, 0.2) is 0 Å². The fraction of sp³-hybridized carbons (Fsp3) is 0.733. The Bertz CT molecular complexity index is 259. The van der Waals surface area contributed by atoms with Gasteiger partial charge in [-0.2, -0.15) is 0 Å². The largest absolute Gasteiger partial charge is 0.311 e. The summed E-state index contributed by atoms with van der Waals surface area (Å²) in [6.45, 7) is 3.44. The van der Waals surface area contributed by atoms with Crippen molar-refractivity contribution in [2.75, 3.05) is 6.54 Å². The van der Waals surface area contributed by atoms with Crippen molar-refractivity contribution in [3.8, 4) is 0 Å². The predicted octanol–water partition coefficient (Wildman–Crippen LogP) is 3.82. The lowest BCUT2D eigenvalue weighted by Crippen LogP contribution is -2.29. The molecule has 90 valence electrons. The molecule has 2 aliphatic rings. The Balaban J connectivity index is 1.63. The zero-order valence-electron chi connectivity index (χ0n) is 10.5. The maximum Gasteiger partial charge on any atom is 0.0170 e. The van der Waals surface area contributed by atoms with Crippen molar-refractivity contribution in [1.82, 2.24) is 5.32 Å². The number of nitrogens with one attached hydrogen (secondary N) is 1. The van der Waals surface area contributed by atoms with Crippen LogP contribution in [0.1, 0.15) is 51.9 Å². The van der Waals surface area contributed by atoms with Crippen LogP contribution in [0.4, 0.5) is 0 Å². The maximum atomic E-state index is 3.68. The van der Waals surface area contributed by atoms with Crippen LogP contribution < -0.4 is 5.32 Å². The zero-order valence-corrected chi connectivity index (χ0v) is 10.5. The van der Waals surface area contributed by atoms with Crippen molar-refractivity contribution in [1.29, 1.82) is 0 Å². The van der Waals surface area contributed by atoms with E-state index in [2.05, 4.69) is 30.5 Å². The molecule has 0 bridgehead atoms. The van der Waals surface area contributed by atoms with E-state index in [9.17, 15) is 0 Å². The van der Waals surface area contributed by atoms with E-state index < -0.39 is 0 Å². The summed E-state index contributed by atoms with van der Waals surface area (Å²) in [5.74, 6) is 1.00. The highest BCUT2D eigenvalue weighted by Gasteiger charge is 2.17. The molecule has 1 N–H and O–H groups in total. The molecule has 0 amide bonds. The fourth-order valence-corrected chi connectivity index (χ4v) is 2.93. The van der Waals surface area contributed by atoms with Crippen molar-refractivity contribution in [3.63, 3.8) is 0 Å². The quantitative estimate of drug-likeness (QED) is 0.693. The van der Waals surface area contributed by atoms with E-state index in [4.69, 9.17) is 0 Å². The third-order valence-corrected chi connectivity index (χ3v) is 3.93. The van der Waals surface area contributed by atoms with E-state index in [0.29, 0.717) is 6.04 Å². The molecule has 1 nitrogen and oxygen atoms in total. The summed E-state index contributed by atoms with van der Waals surface area (Å²) in [5.41, 5.74) is 1.57. The Morgan fingerprint density at radius 2 is 2.12 bits per heavy atom. The lowest BCUT2D eigenvalue weighted by atomic mass is 9.99. The molecule has 2 aliphatic carbocycles. The minimum absolute atomic E-state index is 0.690. The van der Waals surface area contributed by atoms with Crippen molar-refractivity contribution in [2.24, 2.45) is 5.92 Å². The molecule has 0 heterocycles. The van der Waals surface area contributed by atoms with Crippen LogP contribution in [0.3, 0.4) is 0 Å². The molecule has 16 heavy (non-hydrogen) atoms. The van der Waals surface area contributed by atoms with E-state index >= 15 is 0 Å². The van der Waals surface area contributed by atoms with Crippen LogP contribution in [0.15, 0.2) is 23.8 Å². The van der Waals surface area contributed by atoms with Crippen LogP contribution in [0, 0.1) is 5.92 Å². The van der Waals surface area contributed by atoms with Gasteiger partial charge in [0.1, 0.15) is 0 Å². The van der Waals surface area contributed by atoms with Gasteiger partial charge in [-0.05, 0) is 32.1 Å². The first-order chi connectivity index (χ1) is 7.84. The van der Waals surface area contributed by atoms with Gasteiger partial charge in [0.2, 0.25) is 0 Å². The Morgan fingerprint density at radius 3 is 2.81 bits per heavy atom. The van der Waals surface area contributed by atoms with Crippen LogP contribution in [0.5, 0.6) is 0 Å². The van der Waals surface area contributed by atoms with E-state index in [1.54, 1.807) is 5.57 Å². The van der Waals surface area contributed by atoms with Crippen LogP contribution >= 0.6 is 0 Å². The van der Waals surface area contributed by atoms with E-state index in [0.717, 1.165) is 25.3 Å². The molecular formula is C15H25N. The lowest BCUT2D eigenvalue weighted by molar-refractivity contribution is 0.413. The number of hydrogen-bond donors (Lipinski definition) is 1. The van der Waals surface area contributed by atoms with Crippen molar-refractivity contribution < 1.29 is 0 Å². The topological polar surface area (TPSA) is 12.0 Å². The molecule has 1 saturated carbocycles. The smallest absolute Gasteiger partial charge is 0.0170 e. The van der Waals surface area contributed by atoms with Crippen molar-refractivity contribution in [3.05, 3.63) is 23.8 Å². The predicted molar refractivity (Wildman–Crippen MR) is 70.5 cm³/mol. The average Bonchev–Trinajstić information content (AvgIpc) is 2.81. The first kappa shape index (κ1) is 11.9. The molecule has 1 unspecified atom stereocenters. The standard InChI is InChI=1S/C15H25N/c1-13(11-14-7-5-6-8-14)16-12-15-9-3-2-4-10-15/h2-3,10,13-14,16H,4-9,11-12H2,1H3. The third kappa shape index (κ3) is 3.79. The summed E-state index contributed by atoms with van der Waals surface area (Å²) in [6, 6.07) is 0.690. The molecule has 1 heteroatoms. The Kier molecular flexibility index (Phi) is 4.65. The Morgan fingerprint density at radius 1 is 1.31 bits per heavy atom. The third-order valence-electron chi connectivity index (χ3n) is 3.93. The van der Waals surface area contributed by atoms with Crippen molar-refractivity contribution in [2.45, 2.75) is 57.9 Å². The molecule has 0 aromatic carbocycles. The number of allylic oxidation sites excluding steroid dienone is 3. The number of rotatable bonds is 5. The van der Waals surface area contributed by atoms with Gasteiger partial charge in [0, 0.05) is 12.6 Å². The zero-order chi connectivity index (χ0) is 11.2. The Hall–Kier alpha value is -0.560. The highest BCUT2D eigenvalue weighted by molar-refractivity contribution is 5.16. The highest BCUT2D eigenvalue weighted by Crippen LogP contribution is 2.28. The molecule has 0 radical (unpaired) electrons. The minimum Gasteiger partial charge on any atom is -0.311 e. The van der Waals surface area contributed by atoms with Crippen LogP contribution in [-0.4, -0.2) is 12.6 Å². The maximum absolute atomic E-state index is 3.68. The van der Waals surface area contributed by atoms with Gasteiger partial charge in [-0.1, -0.05) is 49.5 Å². The van der Waals surface area contributed by atoms with E-state index in [1.807, 2.05) is 0 Å². The molecule has 1 fully saturated rings. The van der Waals surface area contributed by atoms with E-state index in [1.165, 1.54) is 32.1 Å². The highest BCUT2D eigenvalue weighted by atomic mass is 14.9. The SMILES string of the molecule is CC(CC1CCCC1)NCC1=CCC=CC1. The monoisotopic (exact) mass is 219 g/mol. The second-order valence-corrected chi connectivity index (χ2v) is 5.44. The van der Waals surface area contributed by atoms with Gasteiger partial charge >= 0.3 is 0 Å². The van der Waals surface area contributed by atoms with Gasteiger partial charge in [-0.15, -0.1) is 0 Å². The number of hydrogen-bond acceptors (Lipinski definition) is 1. The normalized spacial score (nSPS) is 23.4. The van der Waals surface area contributed by atoms with Crippen molar-refractivity contribution >= 4 is 0 Å². The molecule has 2 rings (SSSR count). The summed E-state index contributed by atoms with van der Waals surface area (Å²) in [7, 11) is 0. The molecule has 0 saturated heterocycles. The molecule has 0 aliphatic heterocycles. The van der Waals surface area contributed by atoms with Gasteiger partial charge in [0.05, 0.1) is 0 Å².